The van der Waals surface area contributed by atoms with Crippen molar-refractivity contribution in [1.82, 2.24) is 4.98 Å². The lowest BCUT2D eigenvalue weighted by Crippen LogP contribution is -2.29. The van der Waals surface area contributed by atoms with Gasteiger partial charge in [-0.1, -0.05) is 35.1 Å². The summed E-state index contributed by atoms with van der Waals surface area (Å²) in [6.07, 6.45) is 0. The topological polar surface area (TPSA) is 115 Å². The largest absolute Gasteiger partial charge is 0.507 e. The zero-order valence-corrected chi connectivity index (χ0v) is 21.9. The van der Waals surface area contributed by atoms with Gasteiger partial charge in [0.15, 0.2) is 16.6 Å². The fourth-order valence-electron chi connectivity index (χ4n) is 4.60. The molecular formula is C28H19ClN2O7S. The van der Waals surface area contributed by atoms with Crippen molar-refractivity contribution in [2.24, 2.45) is 0 Å². The second-order valence-corrected chi connectivity index (χ2v) is 10.2. The second-order valence-electron chi connectivity index (χ2n) is 8.75. The molecule has 3 heterocycles. The summed E-state index contributed by atoms with van der Waals surface area (Å²) in [5.74, 6) is -1.69. The summed E-state index contributed by atoms with van der Waals surface area (Å²) in [7, 11) is 1.28. The van der Waals surface area contributed by atoms with E-state index in [0.29, 0.717) is 46.4 Å². The monoisotopic (exact) mass is 562 g/mol. The average Bonchev–Trinajstić information content (AvgIpc) is 3.49. The van der Waals surface area contributed by atoms with E-state index >= 15 is 0 Å². The van der Waals surface area contributed by atoms with E-state index in [1.54, 1.807) is 48.5 Å². The summed E-state index contributed by atoms with van der Waals surface area (Å²) >= 11 is 7.34. The van der Waals surface area contributed by atoms with Crippen LogP contribution in [0.2, 0.25) is 5.02 Å². The van der Waals surface area contributed by atoms with Crippen molar-refractivity contribution in [3.8, 4) is 11.5 Å². The molecule has 39 heavy (non-hydrogen) atoms. The highest BCUT2D eigenvalue weighted by Gasteiger charge is 2.48. The molecule has 1 amide bonds. The van der Waals surface area contributed by atoms with Crippen molar-refractivity contribution in [3.63, 3.8) is 0 Å². The number of thiazole rings is 1. The van der Waals surface area contributed by atoms with Crippen LogP contribution in [0.3, 0.4) is 0 Å². The molecule has 2 aliphatic heterocycles. The number of halogens is 1. The van der Waals surface area contributed by atoms with Crippen LogP contribution < -0.4 is 14.4 Å². The molecule has 1 fully saturated rings. The maximum absolute atomic E-state index is 13.5. The number of rotatable bonds is 4. The van der Waals surface area contributed by atoms with E-state index in [0.717, 1.165) is 4.70 Å². The van der Waals surface area contributed by atoms with Crippen molar-refractivity contribution >= 4 is 61.7 Å². The molecule has 196 valence electrons. The molecule has 0 bridgehead atoms. The first-order valence-corrected chi connectivity index (χ1v) is 13.0. The highest BCUT2D eigenvalue weighted by Crippen LogP contribution is 2.45. The molecule has 0 aliphatic carbocycles. The molecule has 0 unspecified atom stereocenters. The second kappa shape index (κ2) is 9.72. The number of esters is 1. The first-order valence-electron chi connectivity index (χ1n) is 11.8. The van der Waals surface area contributed by atoms with Gasteiger partial charge in [0.1, 0.15) is 19.0 Å². The highest BCUT2D eigenvalue weighted by atomic mass is 35.5. The van der Waals surface area contributed by atoms with Crippen LogP contribution >= 0.6 is 22.9 Å². The van der Waals surface area contributed by atoms with Gasteiger partial charge in [0.25, 0.3) is 5.78 Å². The number of nitrogens with zero attached hydrogens (tertiary/aromatic N) is 2. The van der Waals surface area contributed by atoms with Gasteiger partial charge in [-0.25, -0.2) is 9.78 Å². The van der Waals surface area contributed by atoms with E-state index in [9.17, 15) is 19.5 Å². The molecule has 0 radical (unpaired) electrons. The molecule has 11 heteroatoms. The number of methoxy groups -OCH3 is 1. The van der Waals surface area contributed by atoms with Crippen LogP contribution in [0.5, 0.6) is 11.5 Å². The molecule has 3 aromatic carbocycles. The number of hydrogen-bond acceptors (Lipinski definition) is 9. The maximum Gasteiger partial charge on any atom is 0.337 e. The minimum atomic E-state index is -1.03. The summed E-state index contributed by atoms with van der Waals surface area (Å²) < 4.78 is 16.7. The Morgan fingerprint density at radius 2 is 1.74 bits per heavy atom. The van der Waals surface area contributed by atoms with Gasteiger partial charge in [0, 0.05) is 10.6 Å². The predicted octanol–water partition coefficient (Wildman–Crippen LogP) is 5.13. The number of fused-ring (bicyclic) bond motifs is 2. The van der Waals surface area contributed by atoms with E-state index in [1.165, 1.54) is 35.5 Å². The first kappa shape index (κ1) is 24.9. The summed E-state index contributed by atoms with van der Waals surface area (Å²) in [5.41, 5.74) is 1.54. The van der Waals surface area contributed by atoms with E-state index in [2.05, 4.69) is 4.98 Å². The number of ketones is 1. The van der Waals surface area contributed by atoms with Crippen LogP contribution in [0, 0.1) is 0 Å². The van der Waals surface area contributed by atoms with Gasteiger partial charge in [-0.05, 0) is 54.1 Å². The minimum Gasteiger partial charge on any atom is -0.507 e. The summed E-state index contributed by atoms with van der Waals surface area (Å²) in [6.45, 7) is 0.744. The van der Waals surface area contributed by atoms with E-state index in [4.69, 9.17) is 25.8 Å². The van der Waals surface area contributed by atoms with Gasteiger partial charge in [0.2, 0.25) is 0 Å². The number of aliphatic hydroxyl groups excluding tert-OH is 1. The Kier molecular flexibility index (Phi) is 6.20. The van der Waals surface area contributed by atoms with Crippen LogP contribution in [0.25, 0.3) is 16.0 Å². The third-order valence-corrected chi connectivity index (χ3v) is 7.71. The molecule has 0 saturated carbocycles. The quantitative estimate of drug-likeness (QED) is 0.157. The molecular weight excluding hydrogens is 544 g/mol. The Morgan fingerprint density at radius 3 is 2.49 bits per heavy atom. The van der Waals surface area contributed by atoms with Gasteiger partial charge >= 0.3 is 11.9 Å². The number of amides is 1. The molecule has 2 aliphatic rings. The Balaban J connectivity index is 1.52. The lowest BCUT2D eigenvalue weighted by Gasteiger charge is -2.23. The maximum atomic E-state index is 13.5. The fourth-order valence-corrected chi connectivity index (χ4v) is 5.87. The number of anilines is 1. The zero-order chi connectivity index (χ0) is 27.3. The summed E-state index contributed by atoms with van der Waals surface area (Å²) in [6, 6.07) is 15.2. The van der Waals surface area contributed by atoms with Gasteiger partial charge in [0.05, 0.1) is 34.5 Å². The van der Waals surface area contributed by atoms with Crippen LogP contribution in [0.4, 0.5) is 5.13 Å². The zero-order valence-electron chi connectivity index (χ0n) is 20.3. The third kappa shape index (κ3) is 4.27. The summed E-state index contributed by atoms with van der Waals surface area (Å²) in [5, 5.41) is 12.2. The molecule has 1 aromatic heterocycles. The Labute approximate surface area is 230 Å². The fraction of sp³-hybridized carbons (Fsp3) is 0.143. The Bertz CT molecular complexity index is 1700. The molecule has 6 rings (SSSR count). The van der Waals surface area contributed by atoms with Gasteiger partial charge in [-0.2, -0.15) is 0 Å². The number of aliphatic hydroxyl groups is 1. The van der Waals surface area contributed by atoms with Crippen molar-refractivity contribution in [2.75, 3.05) is 25.2 Å². The number of carbonyl (C=O) groups is 3. The van der Waals surface area contributed by atoms with E-state index in [-0.39, 0.29) is 22.0 Å². The van der Waals surface area contributed by atoms with Gasteiger partial charge in [-0.15, -0.1) is 0 Å². The number of Topliss-reactive ketones (excluding diaryl/α,β-unsaturated/α-hetero) is 1. The Morgan fingerprint density at radius 1 is 1.03 bits per heavy atom. The molecule has 1 saturated heterocycles. The van der Waals surface area contributed by atoms with E-state index in [1.807, 2.05) is 0 Å². The summed E-state index contributed by atoms with van der Waals surface area (Å²) in [4.78, 5) is 44.8. The smallest absolute Gasteiger partial charge is 0.337 e. The van der Waals surface area contributed by atoms with Gasteiger partial charge in [-0.3, -0.25) is 14.5 Å². The van der Waals surface area contributed by atoms with Crippen molar-refractivity contribution in [1.29, 1.82) is 0 Å². The van der Waals surface area contributed by atoms with Crippen LogP contribution in [-0.2, 0) is 14.3 Å². The standard InChI is InChI=1S/C28H19ClN2O7S/c1-36-27(35)15-4-2-14(3-5-15)23-22(24(32)16-6-9-19-20(12-16)38-11-10-37-19)25(33)26(34)31(23)28-30-18-8-7-17(29)13-21(18)39-28/h2-9,12-13,23,32H,10-11H2,1H3/t23-/m1/s1. The van der Waals surface area contributed by atoms with Crippen LogP contribution in [0.15, 0.2) is 66.2 Å². The van der Waals surface area contributed by atoms with Crippen LogP contribution in [0.1, 0.15) is 27.5 Å². The number of aromatic nitrogens is 1. The van der Waals surface area contributed by atoms with Gasteiger partial charge < -0.3 is 19.3 Å². The normalized spacial score (nSPS) is 18.0. The first-order chi connectivity index (χ1) is 18.9. The number of benzene rings is 3. The molecule has 4 aromatic rings. The lowest BCUT2D eigenvalue weighted by atomic mass is 9.94. The molecule has 1 N–H and O–H groups in total. The average molecular weight is 563 g/mol. The van der Waals surface area contributed by atoms with Crippen molar-refractivity contribution < 1.29 is 33.7 Å². The molecule has 9 nitrogen and oxygen atoms in total. The van der Waals surface area contributed by atoms with Crippen LogP contribution in [-0.4, -0.2) is 48.1 Å². The number of carbonyl (C=O) groups excluding carboxylic acids is 3. The van der Waals surface area contributed by atoms with E-state index < -0.39 is 23.7 Å². The molecule has 0 spiro atoms. The Hall–Kier alpha value is -4.41. The highest BCUT2D eigenvalue weighted by molar-refractivity contribution is 7.22. The third-order valence-electron chi connectivity index (χ3n) is 6.45. The number of ether oxygens (including phenoxy) is 3. The predicted molar refractivity (Wildman–Crippen MR) is 145 cm³/mol. The SMILES string of the molecule is COC(=O)c1ccc([C@@H]2C(=C(O)c3ccc4c(c3)OCCO4)C(=O)C(=O)N2c2nc3ccc(Cl)cc3s2)cc1. The van der Waals surface area contributed by atoms with Crippen molar-refractivity contribution in [3.05, 3.63) is 87.9 Å². The number of hydrogen-bond donors (Lipinski definition) is 1. The molecule has 1 atom stereocenters. The minimum absolute atomic E-state index is 0.125. The lowest BCUT2D eigenvalue weighted by molar-refractivity contribution is -0.132. The van der Waals surface area contributed by atoms with Crippen molar-refractivity contribution in [2.45, 2.75) is 6.04 Å².